The highest BCUT2D eigenvalue weighted by Crippen LogP contribution is 2.29. The van der Waals surface area contributed by atoms with Crippen molar-refractivity contribution in [3.8, 4) is 0 Å². The first-order valence-electron chi connectivity index (χ1n) is 7.08. The van der Waals surface area contributed by atoms with Crippen molar-refractivity contribution in [1.82, 2.24) is 4.98 Å². The monoisotopic (exact) mass is 340 g/mol. The topological polar surface area (TPSA) is 71.2 Å². The summed E-state index contributed by atoms with van der Waals surface area (Å²) in [5, 5.41) is 2.16. The first-order chi connectivity index (χ1) is 11.4. The lowest BCUT2D eigenvalue weighted by molar-refractivity contribution is -0.137. The van der Waals surface area contributed by atoms with Crippen molar-refractivity contribution < 1.29 is 22.7 Å². The van der Waals surface area contributed by atoms with Crippen molar-refractivity contribution in [1.29, 1.82) is 0 Å². The maximum atomic E-state index is 12.6. The molecule has 0 spiro atoms. The molecule has 5 nitrogen and oxygen atoms in total. The SMILES string of the molecule is O=C(CCOCc1ccccc1)Nc1cc(C(F)(F)F)c[nH]c1=O. The van der Waals surface area contributed by atoms with Crippen LogP contribution >= 0.6 is 0 Å². The quantitative estimate of drug-likeness (QED) is 0.794. The van der Waals surface area contributed by atoms with Crippen LogP contribution in [0, 0.1) is 0 Å². The van der Waals surface area contributed by atoms with E-state index in [0.29, 0.717) is 18.9 Å². The van der Waals surface area contributed by atoms with Crippen molar-refractivity contribution in [2.24, 2.45) is 0 Å². The van der Waals surface area contributed by atoms with Gasteiger partial charge in [-0.25, -0.2) is 0 Å². The van der Waals surface area contributed by atoms with Crippen molar-refractivity contribution in [2.45, 2.75) is 19.2 Å². The third-order valence-electron chi connectivity index (χ3n) is 3.09. The van der Waals surface area contributed by atoms with Crippen LogP contribution in [0.2, 0.25) is 0 Å². The van der Waals surface area contributed by atoms with Crippen LogP contribution in [0.1, 0.15) is 17.5 Å². The van der Waals surface area contributed by atoms with Crippen LogP contribution in [0.4, 0.5) is 18.9 Å². The number of carbonyl (C=O) groups excluding carboxylic acids is 1. The molecule has 2 aromatic rings. The van der Waals surface area contributed by atoms with Crippen LogP contribution in [0.25, 0.3) is 0 Å². The number of halogens is 3. The van der Waals surface area contributed by atoms with Gasteiger partial charge in [0.15, 0.2) is 0 Å². The summed E-state index contributed by atoms with van der Waals surface area (Å²) in [6.45, 7) is 0.399. The van der Waals surface area contributed by atoms with Gasteiger partial charge in [-0.05, 0) is 11.6 Å². The molecule has 128 valence electrons. The molecule has 0 unspecified atom stereocenters. The van der Waals surface area contributed by atoms with Gasteiger partial charge in [0.2, 0.25) is 5.91 Å². The number of amides is 1. The first kappa shape index (κ1) is 17.7. The number of H-pyrrole nitrogens is 1. The summed E-state index contributed by atoms with van der Waals surface area (Å²) >= 11 is 0. The summed E-state index contributed by atoms with van der Waals surface area (Å²) in [6.07, 6.45) is -4.13. The summed E-state index contributed by atoms with van der Waals surface area (Å²) in [5.74, 6) is -0.604. The minimum atomic E-state index is -4.61. The third-order valence-corrected chi connectivity index (χ3v) is 3.09. The highest BCUT2D eigenvalue weighted by atomic mass is 19.4. The van der Waals surface area contributed by atoms with Crippen LogP contribution < -0.4 is 10.9 Å². The van der Waals surface area contributed by atoms with E-state index in [0.717, 1.165) is 5.56 Å². The predicted octanol–water partition coefficient (Wildman–Crippen LogP) is 2.94. The van der Waals surface area contributed by atoms with E-state index in [1.807, 2.05) is 35.3 Å². The first-order valence-corrected chi connectivity index (χ1v) is 7.08. The molecule has 0 bridgehead atoms. The molecule has 2 N–H and O–H groups in total. The Bertz CT molecular complexity index is 742. The molecule has 0 aliphatic heterocycles. The molecule has 1 heterocycles. The van der Waals surface area contributed by atoms with Gasteiger partial charge in [-0.1, -0.05) is 30.3 Å². The molecule has 0 aliphatic rings. The molecule has 1 amide bonds. The fraction of sp³-hybridized carbons (Fsp3) is 0.250. The van der Waals surface area contributed by atoms with Gasteiger partial charge in [-0.15, -0.1) is 0 Å². The molecule has 0 aliphatic carbocycles. The van der Waals surface area contributed by atoms with Crippen LogP contribution in [0.5, 0.6) is 0 Å². The van der Waals surface area contributed by atoms with E-state index in [4.69, 9.17) is 4.74 Å². The van der Waals surface area contributed by atoms with E-state index in [9.17, 15) is 22.8 Å². The molecule has 24 heavy (non-hydrogen) atoms. The number of rotatable bonds is 6. The van der Waals surface area contributed by atoms with Gasteiger partial charge in [0, 0.05) is 6.20 Å². The van der Waals surface area contributed by atoms with E-state index in [1.165, 1.54) is 0 Å². The molecule has 0 saturated heterocycles. The van der Waals surface area contributed by atoms with E-state index < -0.39 is 28.9 Å². The molecule has 1 aromatic carbocycles. The molecule has 0 radical (unpaired) electrons. The lowest BCUT2D eigenvalue weighted by Gasteiger charge is -2.09. The molecular formula is C16H15F3N2O3. The number of nitrogens with one attached hydrogen (secondary N) is 2. The van der Waals surface area contributed by atoms with Gasteiger partial charge < -0.3 is 15.0 Å². The van der Waals surface area contributed by atoms with Gasteiger partial charge in [0.05, 0.1) is 25.2 Å². The second-order valence-corrected chi connectivity index (χ2v) is 4.97. The number of aromatic amines is 1. The van der Waals surface area contributed by atoms with Gasteiger partial charge in [-0.3, -0.25) is 9.59 Å². The summed E-state index contributed by atoms with van der Waals surface area (Å²) < 4.78 is 43.1. The molecule has 0 saturated carbocycles. The lowest BCUT2D eigenvalue weighted by atomic mass is 10.2. The Morgan fingerprint density at radius 3 is 2.58 bits per heavy atom. The second kappa shape index (κ2) is 7.78. The zero-order valence-electron chi connectivity index (χ0n) is 12.5. The Morgan fingerprint density at radius 2 is 1.92 bits per heavy atom. The third kappa shape index (κ3) is 5.24. The molecule has 8 heteroatoms. The van der Waals surface area contributed by atoms with Gasteiger partial charge in [0.1, 0.15) is 5.69 Å². The number of carbonyl (C=O) groups is 1. The Hall–Kier alpha value is -2.61. The molecule has 2 rings (SSSR count). The normalized spacial score (nSPS) is 11.3. The number of anilines is 1. The maximum Gasteiger partial charge on any atom is 0.417 e. The molecule has 0 fully saturated rings. The zero-order chi connectivity index (χ0) is 17.6. The standard InChI is InChI=1S/C16H15F3N2O3/c17-16(18,19)12-8-13(15(23)20-9-12)21-14(22)6-7-24-10-11-4-2-1-3-5-11/h1-5,8-9H,6-7,10H2,(H,20,23)(H,21,22). The molecule has 1 aromatic heterocycles. The highest BCUT2D eigenvalue weighted by molar-refractivity contribution is 5.90. The summed E-state index contributed by atoms with van der Waals surface area (Å²) in [5.41, 5.74) is -1.36. The van der Waals surface area contributed by atoms with Crippen LogP contribution in [0.3, 0.4) is 0 Å². The van der Waals surface area contributed by atoms with E-state index in [-0.39, 0.29) is 13.0 Å². The number of ether oxygens (including phenoxy) is 1. The highest BCUT2D eigenvalue weighted by Gasteiger charge is 2.31. The minimum absolute atomic E-state index is 0.0808. The fourth-order valence-corrected chi connectivity index (χ4v) is 1.88. The summed E-state index contributed by atoms with van der Waals surface area (Å²) in [7, 11) is 0. The zero-order valence-corrected chi connectivity index (χ0v) is 12.5. The van der Waals surface area contributed by atoms with Crippen LogP contribution in [-0.2, 0) is 22.3 Å². The Balaban J connectivity index is 1.85. The lowest BCUT2D eigenvalue weighted by Crippen LogP contribution is -2.22. The average Bonchev–Trinajstić information content (AvgIpc) is 2.53. The van der Waals surface area contributed by atoms with Gasteiger partial charge >= 0.3 is 6.18 Å². The molecule has 0 atom stereocenters. The largest absolute Gasteiger partial charge is 0.417 e. The molecular weight excluding hydrogens is 325 g/mol. The number of benzene rings is 1. The fourth-order valence-electron chi connectivity index (χ4n) is 1.88. The van der Waals surface area contributed by atoms with E-state index in [1.54, 1.807) is 0 Å². The number of hydrogen-bond donors (Lipinski definition) is 2. The van der Waals surface area contributed by atoms with Crippen molar-refractivity contribution in [2.75, 3.05) is 11.9 Å². The summed E-state index contributed by atoms with van der Waals surface area (Å²) in [4.78, 5) is 25.1. The Labute approximate surface area is 135 Å². The van der Waals surface area contributed by atoms with E-state index >= 15 is 0 Å². The van der Waals surface area contributed by atoms with Gasteiger partial charge in [0.25, 0.3) is 5.56 Å². The second-order valence-electron chi connectivity index (χ2n) is 4.97. The van der Waals surface area contributed by atoms with Crippen LogP contribution in [-0.4, -0.2) is 17.5 Å². The van der Waals surface area contributed by atoms with Crippen molar-refractivity contribution in [3.05, 3.63) is 64.1 Å². The number of pyridine rings is 1. The minimum Gasteiger partial charge on any atom is -0.376 e. The smallest absolute Gasteiger partial charge is 0.376 e. The van der Waals surface area contributed by atoms with E-state index in [2.05, 4.69) is 5.32 Å². The summed E-state index contributed by atoms with van der Waals surface area (Å²) in [6, 6.07) is 9.90. The predicted molar refractivity (Wildman–Crippen MR) is 81.4 cm³/mol. The maximum absolute atomic E-state index is 12.6. The van der Waals surface area contributed by atoms with Crippen LogP contribution in [0.15, 0.2) is 47.4 Å². The Morgan fingerprint density at radius 1 is 1.21 bits per heavy atom. The van der Waals surface area contributed by atoms with Crippen molar-refractivity contribution in [3.63, 3.8) is 0 Å². The number of aromatic nitrogens is 1. The average molecular weight is 340 g/mol. The van der Waals surface area contributed by atoms with Gasteiger partial charge in [-0.2, -0.15) is 13.2 Å². The number of alkyl halides is 3. The van der Waals surface area contributed by atoms with Crippen molar-refractivity contribution >= 4 is 11.6 Å². The number of hydrogen-bond acceptors (Lipinski definition) is 3. The Kier molecular flexibility index (Phi) is 5.75.